The molecule has 1 aromatic carbocycles. The minimum atomic E-state index is -0.373. The number of carbonyl (C=O) groups excluding carboxylic acids is 1. The number of fused-ring (bicyclic) bond motifs is 1. The van der Waals surface area contributed by atoms with Crippen molar-refractivity contribution in [2.24, 2.45) is 7.05 Å². The number of nitrogens with one attached hydrogen (secondary N) is 2. The first-order chi connectivity index (χ1) is 15.1. The summed E-state index contributed by atoms with van der Waals surface area (Å²) in [6, 6.07) is 4.69. The molecule has 1 amide bonds. The van der Waals surface area contributed by atoms with Crippen LogP contribution in [0.4, 0.5) is 4.39 Å². The maximum absolute atomic E-state index is 14.2. The van der Waals surface area contributed by atoms with Crippen LogP contribution < -0.4 is 5.32 Å². The lowest BCUT2D eigenvalue weighted by Gasteiger charge is -2.08. The van der Waals surface area contributed by atoms with E-state index in [0.717, 1.165) is 29.3 Å². The molecule has 158 valence electrons. The van der Waals surface area contributed by atoms with Crippen molar-refractivity contribution in [3.63, 3.8) is 0 Å². The number of aryl methyl sites for hydroxylation is 1. The maximum Gasteiger partial charge on any atom is 0.272 e. The highest BCUT2D eigenvalue weighted by molar-refractivity contribution is 7.99. The maximum atomic E-state index is 14.2. The van der Waals surface area contributed by atoms with Gasteiger partial charge in [-0.05, 0) is 41.5 Å². The summed E-state index contributed by atoms with van der Waals surface area (Å²) in [5.41, 5.74) is 3.40. The van der Waals surface area contributed by atoms with Crippen LogP contribution in [-0.2, 0) is 13.6 Å². The van der Waals surface area contributed by atoms with Gasteiger partial charge in [0.25, 0.3) is 5.91 Å². The fourth-order valence-electron chi connectivity index (χ4n) is 3.72. The molecule has 1 aliphatic rings. The van der Waals surface area contributed by atoms with Crippen molar-refractivity contribution < 1.29 is 9.18 Å². The third kappa shape index (κ3) is 4.02. The highest BCUT2D eigenvalue weighted by Gasteiger charge is 2.23. The number of nitrogens with zero attached hydrogens (tertiary/aromatic N) is 5. The molecule has 0 aliphatic carbocycles. The molecule has 0 bridgehead atoms. The minimum absolute atomic E-state index is 0.162. The van der Waals surface area contributed by atoms with Gasteiger partial charge in [0.1, 0.15) is 23.5 Å². The summed E-state index contributed by atoms with van der Waals surface area (Å²) >= 11 is 1.89. The summed E-state index contributed by atoms with van der Waals surface area (Å²) in [5, 5.41) is 6.95. The summed E-state index contributed by atoms with van der Waals surface area (Å²) in [5.74, 6) is 2.57. The minimum Gasteiger partial charge on any atom is -0.347 e. The topological polar surface area (TPSA) is 101 Å². The molecule has 4 aromatic rings. The van der Waals surface area contributed by atoms with E-state index in [1.807, 2.05) is 24.0 Å². The summed E-state index contributed by atoms with van der Waals surface area (Å²) in [4.78, 5) is 29.0. The zero-order chi connectivity index (χ0) is 21.4. The van der Waals surface area contributed by atoms with Crippen molar-refractivity contribution in [3.05, 3.63) is 59.8 Å². The SMILES string of the molecule is Cn1cc(-c2cc(F)cc(CNC(=O)c3ncnc4nc(C5CCSC5)[nH]c34)c2)cn1. The average Bonchev–Trinajstić information content (AvgIpc) is 3.51. The molecule has 31 heavy (non-hydrogen) atoms. The highest BCUT2D eigenvalue weighted by Crippen LogP contribution is 2.31. The van der Waals surface area contributed by atoms with E-state index < -0.39 is 0 Å². The smallest absolute Gasteiger partial charge is 0.272 e. The van der Waals surface area contributed by atoms with Gasteiger partial charge in [-0.25, -0.2) is 19.3 Å². The number of amides is 1. The molecule has 1 fully saturated rings. The number of rotatable bonds is 5. The number of thioether (sulfide) groups is 1. The molecule has 1 aliphatic heterocycles. The van der Waals surface area contributed by atoms with Crippen LogP contribution in [0.2, 0.25) is 0 Å². The van der Waals surface area contributed by atoms with Gasteiger partial charge in [0.05, 0.1) is 6.20 Å². The third-order valence-electron chi connectivity index (χ3n) is 5.29. The molecular weight excluding hydrogens is 417 g/mol. The van der Waals surface area contributed by atoms with Crippen LogP contribution in [0.25, 0.3) is 22.3 Å². The van der Waals surface area contributed by atoms with Gasteiger partial charge in [0, 0.05) is 37.0 Å². The van der Waals surface area contributed by atoms with E-state index in [1.54, 1.807) is 17.9 Å². The number of hydrogen-bond donors (Lipinski definition) is 2. The Labute approximate surface area is 181 Å². The first-order valence-electron chi connectivity index (χ1n) is 9.92. The Morgan fingerprint density at radius 1 is 1.32 bits per heavy atom. The fourth-order valence-corrected chi connectivity index (χ4v) is 4.94. The van der Waals surface area contributed by atoms with Crippen molar-refractivity contribution in [2.45, 2.75) is 18.9 Å². The Morgan fingerprint density at radius 2 is 2.23 bits per heavy atom. The van der Waals surface area contributed by atoms with Crippen LogP contribution in [0.3, 0.4) is 0 Å². The van der Waals surface area contributed by atoms with E-state index in [-0.39, 0.29) is 24.0 Å². The lowest BCUT2D eigenvalue weighted by molar-refractivity contribution is 0.0947. The van der Waals surface area contributed by atoms with Crippen LogP contribution in [-0.4, -0.2) is 47.1 Å². The molecule has 5 rings (SSSR count). The number of imidazole rings is 1. The molecule has 2 N–H and O–H groups in total. The zero-order valence-corrected chi connectivity index (χ0v) is 17.6. The number of halogens is 1. The number of carbonyl (C=O) groups is 1. The molecule has 0 radical (unpaired) electrons. The summed E-state index contributed by atoms with van der Waals surface area (Å²) in [6.07, 6.45) is 5.88. The summed E-state index contributed by atoms with van der Waals surface area (Å²) in [7, 11) is 1.80. The first kappa shape index (κ1) is 19.7. The van der Waals surface area contributed by atoms with E-state index in [1.165, 1.54) is 18.5 Å². The monoisotopic (exact) mass is 437 g/mol. The first-order valence-corrected chi connectivity index (χ1v) is 11.1. The van der Waals surface area contributed by atoms with Crippen molar-refractivity contribution in [1.29, 1.82) is 0 Å². The lowest BCUT2D eigenvalue weighted by atomic mass is 10.1. The zero-order valence-electron chi connectivity index (χ0n) is 16.8. The molecule has 0 spiro atoms. The molecule has 0 saturated carbocycles. The van der Waals surface area contributed by atoms with Gasteiger partial charge >= 0.3 is 0 Å². The predicted octanol–water partition coefficient (Wildman–Crippen LogP) is 3.04. The van der Waals surface area contributed by atoms with Gasteiger partial charge < -0.3 is 10.3 Å². The van der Waals surface area contributed by atoms with Crippen LogP contribution in [0.1, 0.15) is 34.2 Å². The predicted molar refractivity (Wildman–Crippen MR) is 116 cm³/mol. The summed E-state index contributed by atoms with van der Waals surface area (Å²) in [6.45, 7) is 0.162. The van der Waals surface area contributed by atoms with Crippen molar-refractivity contribution in [1.82, 2.24) is 35.0 Å². The van der Waals surface area contributed by atoms with Gasteiger partial charge in [-0.1, -0.05) is 0 Å². The quantitative estimate of drug-likeness (QED) is 0.498. The van der Waals surface area contributed by atoms with Gasteiger partial charge in [-0.3, -0.25) is 9.48 Å². The Morgan fingerprint density at radius 3 is 3.00 bits per heavy atom. The molecule has 1 atom stereocenters. The molecule has 10 heteroatoms. The van der Waals surface area contributed by atoms with Gasteiger partial charge in [0.15, 0.2) is 11.3 Å². The molecule has 1 saturated heterocycles. The lowest BCUT2D eigenvalue weighted by Crippen LogP contribution is -2.24. The molecule has 4 heterocycles. The van der Waals surface area contributed by atoms with E-state index in [0.29, 0.717) is 28.2 Å². The molecule has 1 unspecified atom stereocenters. The van der Waals surface area contributed by atoms with Crippen LogP contribution in [0.5, 0.6) is 0 Å². The largest absolute Gasteiger partial charge is 0.347 e. The van der Waals surface area contributed by atoms with E-state index in [9.17, 15) is 9.18 Å². The second-order valence-electron chi connectivity index (χ2n) is 7.54. The highest BCUT2D eigenvalue weighted by atomic mass is 32.2. The Bertz CT molecular complexity index is 1260. The van der Waals surface area contributed by atoms with E-state index in [2.05, 4.69) is 30.4 Å². The van der Waals surface area contributed by atoms with Crippen LogP contribution in [0, 0.1) is 5.82 Å². The Kier molecular flexibility index (Phi) is 5.14. The molecule has 3 aromatic heterocycles. The van der Waals surface area contributed by atoms with Crippen molar-refractivity contribution in [2.75, 3.05) is 11.5 Å². The Hall–Kier alpha value is -3.27. The number of H-pyrrole nitrogens is 1. The van der Waals surface area contributed by atoms with Gasteiger partial charge in [-0.15, -0.1) is 0 Å². The second kappa shape index (κ2) is 8.10. The van der Waals surface area contributed by atoms with Crippen LogP contribution >= 0.6 is 11.8 Å². The molecular formula is C21H20FN7OS. The van der Waals surface area contributed by atoms with E-state index >= 15 is 0 Å². The number of aromatic nitrogens is 6. The van der Waals surface area contributed by atoms with Gasteiger partial charge in [-0.2, -0.15) is 16.9 Å². The van der Waals surface area contributed by atoms with Gasteiger partial charge in [0.2, 0.25) is 0 Å². The third-order valence-corrected chi connectivity index (χ3v) is 6.45. The number of hydrogen-bond acceptors (Lipinski definition) is 6. The standard InChI is InChI=1S/C21H20FN7OS/c1-29-9-15(8-26-29)14-4-12(5-16(22)6-14)7-23-21(30)18-17-20(25-11-24-18)28-19(27-17)13-2-3-31-10-13/h4-6,8-9,11,13H,2-3,7,10H2,1H3,(H,23,30)(H,24,25,27,28). The second-order valence-corrected chi connectivity index (χ2v) is 8.69. The van der Waals surface area contributed by atoms with Crippen molar-refractivity contribution >= 4 is 28.8 Å². The normalized spacial score (nSPS) is 16.1. The van der Waals surface area contributed by atoms with E-state index in [4.69, 9.17) is 0 Å². The number of benzene rings is 1. The summed E-state index contributed by atoms with van der Waals surface area (Å²) < 4.78 is 15.8. The Balaban J connectivity index is 1.36. The molecule has 8 nitrogen and oxygen atoms in total. The number of aromatic amines is 1. The average molecular weight is 438 g/mol. The van der Waals surface area contributed by atoms with Crippen molar-refractivity contribution in [3.8, 4) is 11.1 Å². The fraction of sp³-hybridized carbons (Fsp3) is 0.286. The van der Waals surface area contributed by atoms with Crippen LogP contribution in [0.15, 0.2) is 36.9 Å².